The minimum Gasteiger partial charge on any atom is -0.396 e. The van der Waals surface area contributed by atoms with E-state index in [0.717, 1.165) is 31.2 Å². The molecule has 3 atom stereocenters. The number of imide groups is 1. The van der Waals surface area contributed by atoms with Crippen LogP contribution in [0.5, 0.6) is 0 Å². The van der Waals surface area contributed by atoms with Gasteiger partial charge < -0.3 is 19.4 Å². The highest BCUT2D eigenvalue weighted by Crippen LogP contribution is 2.23. The zero-order chi connectivity index (χ0) is 22.8. The number of ether oxygens (including phenoxy) is 2. The first-order valence-corrected chi connectivity index (χ1v) is 11.2. The topological polar surface area (TPSA) is 97.7 Å². The molecule has 0 aromatic heterocycles. The largest absolute Gasteiger partial charge is 0.396 e. The first kappa shape index (κ1) is 24.1. The summed E-state index contributed by atoms with van der Waals surface area (Å²) in [5.41, 5.74) is 1.77. The summed E-state index contributed by atoms with van der Waals surface area (Å²) in [6.45, 7) is 3.55. The summed E-state index contributed by atoms with van der Waals surface area (Å²) >= 11 is 0. The number of nitrogens with zero attached hydrogens (tertiary/aromatic N) is 2. The number of hydrogen-bond donors (Lipinski definition) is 1. The second kappa shape index (κ2) is 12.5. The molecule has 32 heavy (non-hydrogen) atoms. The maximum Gasteiger partial charge on any atom is 0.253 e. The average Bonchev–Trinajstić information content (AvgIpc) is 3.12. The molecule has 174 valence electrons. The van der Waals surface area contributed by atoms with Gasteiger partial charge in [-0.05, 0) is 31.7 Å². The number of aliphatic hydroxyl groups is 1. The molecule has 0 saturated carbocycles. The Bertz CT molecular complexity index is 792. The Balaban J connectivity index is 1.25. The van der Waals surface area contributed by atoms with Crippen LogP contribution in [0.25, 0.3) is 0 Å². The quantitative estimate of drug-likeness (QED) is 0.230. The smallest absolute Gasteiger partial charge is 0.253 e. The van der Waals surface area contributed by atoms with Crippen molar-refractivity contribution in [1.82, 2.24) is 4.90 Å². The molecule has 2 heterocycles. The van der Waals surface area contributed by atoms with E-state index in [1.807, 2.05) is 37.3 Å². The number of rotatable bonds is 12. The highest BCUT2D eigenvalue weighted by Gasteiger charge is 2.32. The summed E-state index contributed by atoms with van der Waals surface area (Å²) in [4.78, 5) is 29.6. The van der Waals surface area contributed by atoms with E-state index in [9.17, 15) is 14.7 Å². The van der Waals surface area contributed by atoms with Crippen LogP contribution in [0.4, 0.5) is 0 Å². The van der Waals surface area contributed by atoms with Gasteiger partial charge in [0.15, 0.2) is 6.29 Å². The van der Waals surface area contributed by atoms with Gasteiger partial charge in [-0.15, -0.1) is 0 Å². The van der Waals surface area contributed by atoms with Gasteiger partial charge >= 0.3 is 0 Å². The third-order valence-electron chi connectivity index (χ3n) is 5.65. The third kappa shape index (κ3) is 7.25. The third-order valence-corrected chi connectivity index (χ3v) is 5.65. The lowest BCUT2D eigenvalue weighted by atomic mass is 9.94. The van der Waals surface area contributed by atoms with Crippen molar-refractivity contribution in [2.45, 2.75) is 58.0 Å². The van der Waals surface area contributed by atoms with E-state index in [1.54, 1.807) is 0 Å². The van der Waals surface area contributed by atoms with E-state index in [1.165, 1.54) is 17.1 Å². The van der Waals surface area contributed by atoms with Crippen LogP contribution in [-0.2, 0) is 30.5 Å². The van der Waals surface area contributed by atoms with Crippen molar-refractivity contribution in [2.75, 3.05) is 19.8 Å². The lowest BCUT2D eigenvalue weighted by Crippen LogP contribution is -2.41. The number of hydrogen-bond acceptors (Lipinski definition) is 7. The molecule has 2 aliphatic heterocycles. The Hall–Kier alpha value is -2.55. The minimum atomic E-state index is -0.595. The van der Waals surface area contributed by atoms with Crippen molar-refractivity contribution >= 4 is 17.5 Å². The molecule has 3 rings (SSSR count). The van der Waals surface area contributed by atoms with Gasteiger partial charge in [0.2, 0.25) is 0 Å². The van der Waals surface area contributed by atoms with Gasteiger partial charge in [0.05, 0.1) is 30.9 Å². The van der Waals surface area contributed by atoms with Crippen molar-refractivity contribution in [3.8, 4) is 0 Å². The molecule has 1 saturated heterocycles. The zero-order valence-corrected chi connectivity index (χ0v) is 18.5. The Kier molecular flexibility index (Phi) is 9.40. The molecule has 0 radical (unpaired) electrons. The average molecular weight is 445 g/mol. The molecule has 2 amide bonds. The van der Waals surface area contributed by atoms with Crippen molar-refractivity contribution in [2.24, 2.45) is 11.1 Å². The molecule has 1 aromatic rings. The summed E-state index contributed by atoms with van der Waals surface area (Å²) in [7, 11) is 0. The maximum atomic E-state index is 11.5. The molecule has 1 fully saturated rings. The Morgan fingerprint density at radius 3 is 2.56 bits per heavy atom. The van der Waals surface area contributed by atoms with Crippen LogP contribution in [0.1, 0.15) is 44.6 Å². The first-order valence-electron chi connectivity index (χ1n) is 11.2. The van der Waals surface area contributed by atoms with Gasteiger partial charge in [-0.2, -0.15) is 0 Å². The van der Waals surface area contributed by atoms with Crippen LogP contribution in [0.3, 0.4) is 0 Å². The van der Waals surface area contributed by atoms with E-state index < -0.39 is 12.4 Å². The second-order valence-corrected chi connectivity index (χ2v) is 8.11. The number of carbonyl (C=O) groups is 2. The predicted molar refractivity (Wildman–Crippen MR) is 118 cm³/mol. The zero-order valence-electron chi connectivity index (χ0n) is 18.5. The van der Waals surface area contributed by atoms with E-state index >= 15 is 0 Å². The monoisotopic (exact) mass is 444 g/mol. The summed E-state index contributed by atoms with van der Waals surface area (Å²) in [5, 5.41) is 14.6. The number of aliphatic hydroxyl groups excluding tert-OH is 1. The fourth-order valence-electron chi connectivity index (χ4n) is 3.69. The molecule has 8 heteroatoms. The number of amides is 2. The van der Waals surface area contributed by atoms with Crippen molar-refractivity contribution in [3.63, 3.8) is 0 Å². The number of oxime groups is 1. The lowest BCUT2D eigenvalue weighted by Gasteiger charge is -2.32. The lowest BCUT2D eigenvalue weighted by molar-refractivity contribution is -0.199. The van der Waals surface area contributed by atoms with Crippen LogP contribution < -0.4 is 0 Å². The van der Waals surface area contributed by atoms with Crippen LogP contribution in [0, 0.1) is 5.92 Å². The summed E-state index contributed by atoms with van der Waals surface area (Å²) in [6.07, 6.45) is 5.42. The van der Waals surface area contributed by atoms with Gasteiger partial charge in [0, 0.05) is 25.1 Å². The molecule has 3 unspecified atom stereocenters. The number of carbonyl (C=O) groups excluding carboxylic acids is 2. The minimum absolute atomic E-state index is 0.212. The van der Waals surface area contributed by atoms with Crippen LogP contribution in [0.15, 0.2) is 47.6 Å². The normalized spacial score (nSPS) is 23.8. The molecule has 1 aromatic carbocycles. The van der Waals surface area contributed by atoms with E-state index in [4.69, 9.17) is 14.3 Å². The van der Waals surface area contributed by atoms with Crippen molar-refractivity contribution in [1.29, 1.82) is 0 Å². The molecule has 2 aliphatic rings. The summed E-state index contributed by atoms with van der Waals surface area (Å²) in [6, 6.07) is 9.86. The number of unbranched alkanes of at least 4 members (excludes halogenated alkanes) is 3. The van der Waals surface area contributed by atoms with Gasteiger partial charge in [-0.1, -0.05) is 41.9 Å². The standard InChI is InChI=1S/C24H32N2O6/c1-18(25-32-14-8-3-2-7-13-26-22(28)11-12-23(26)29)20-17-31-24(15-21(20)27)30-16-19-9-5-4-6-10-19/h4-6,9-12,20-21,24,27H,2-3,7-8,13-17H2,1H3/b25-18+. The molecule has 0 aliphatic carbocycles. The van der Waals surface area contributed by atoms with Crippen LogP contribution in [0.2, 0.25) is 0 Å². The second-order valence-electron chi connectivity index (χ2n) is 8.11. The van der Waals surface area contributed by atoms with Gasteiger partial charge in [-0.25, -0.2) is 0 Å². The van der Waals surface area contributed by atoms with Crippen molar-refractivity contribution < 1.29 is 29.0 Å². The highest BCUT2D eigenvalue weighted by molar-refractivity contribution is 6.12. The predicted octanol–water partition coefficient (Wildman–Crippen LogP) is 2.80. The molecule has 0 spiro atoms. The summed E-state index contributed by atoms with van der Waals surface area (Å²) < 4.78 is 11.5. The molecule has 0 bridgehead atoms. The van der Waals surface area contributed by atoms with Gasteiger partial charge in [-0.3, -0.25) is 14.5 Å². The van der Waals surface area contributed by atoms with Crippen LogP contribution >= 0.6 is 0 Å². The molecule has 8 nitrogen and oxygen atoms in total. The van der Waals surface area contributed by atoms with E-state index in [-0.39, 0.29) is 17.7 Å². The maximum absolute atomic E-state index is 11.5. The van der Waals surface area contributed by atoms with Crippen LogP contribution in [-0.4, -0.2) is 59.7 Å². The van der Waals surface area contributed by atoms with E-state index in [2.05, 4.69) is 5.16 Å². The van der Waals surface area contributed by atoms with Gasteiger partial charge in [0.25, 0.3) is 11.8 Å². The highest BCUT2D eigenvalue weighted by atomic mass is 16.7. The fourth-order valence-corrected chi connectivity index (χ4v) is 3.69. The van der Waals surface area contributed by atoms with Crippen molar-refractivity contribution in [3.05, 3.63) is 48.0 Å². The fraction of sp³-hybridized carbons (Fsp3) is 0.542. The SMILES string of the molecule is C/C(=N\OCCCCCCN1C(=O)C=CC1=O)C1COC(OCc2ccccc2)CC1O. The first-order chi connectivity index (χ1) is 15.5. The van der Waals surface area contributed by atoms with Gasteiger partial charge in [0.1, 0.15) is 6.61 Å². The number of benzene rings is 1. The Morgan fingerprint density at radius 1 is 1.12 bits per heavy atom. The molecule has 1 N–H and O–H groups in total. The molecular weight excluding hydrogens is 412 g/mol. The van der Waals surface area contributed by atoms with E-state index in [0.29, 0.717) is 38.5 Å². The summed E-state index contributed by atoms with van der Waals surface area (Å²) in [5.74, 6) is -0.673. The Labute approximate surface area is 188 Å². The molecular formula is C24H32N2O6. The Morgan fingerprint density at radius 2 is 1.84 bits per heavy atom.